The highest BCUT2D eigenvalue weighted by molar-refractivity contribution is 7.92. The van der Waals surface area contributed by atoms with E-state index in [1.54, 1.807) is 18.2 Å². The van der Waals surface area contributed by atoms with Crippen molar-refractivity contribution in [3.05, 3.63) is 59.9 Å². The van der Waals surface area contributed by atoms with E-state index in [-0.39, 0.29) is 10.7 Å². The summed E-state index contributed by atoms with van der Waals surface area (Å²) in [6, 6.07) is 13.1. The zero-order valence-corrected chi connectivity index (χ0v) is 16.9. The molecule has 2 aromatic carbocycles. The predicted molar refractivity (Wildman–Crippen MR) is 110 cm³/mol. The number of anilines is 1. The zero-order chi connectivity index (χ0) is 20.4. The summed E-state index contributed by atoms with van der Waals surface area (Å²) in [5, 5.41) is 8.65. The smallest absolute Gasteiger partial charge is 0.261 e. The van der Waals surface area contributed by atoms with E-state index in [2.05, 4.69) is 19.5 Å². The van der Waals surface area contributed by atoms with Crippen molar-refractivity contribution < 1.29 is 13.2 Å². The number of hydrogen-bond acceptors (Lipinski definition) is 5. The molecule has 1 aromatic heterocycles. The number of fused-ring (bicyclic) bond motifs is 1. The molecule has 0 atom stereocenters. The van der Waals surface area contributed by atoms with E-state index in [0.717, 1.165) is 43.0 Å². The molecule has 7 nitrogen and oxygen atoms in total. The highest BCUT2D eigenvalue weighted by Crippen LogP contribution is 2.26. The number of benzene rings is 2. The summed E-state index contributed by atoms with van der Waals surface area (Å²) in [6.45, 7) is 2.31. The molecule has 0 radical (unpaired) electrons. The lowest BCUT2D eigenvalue weighted by molar-refractivity contribution is 0.101. The first-order valence-corrected chi connectivity index (χ1v) is 11.1. The molecule has 4 rings (SSSR count). The van der Waals surface area contributed by atoms with Gasteiger partial charge in [0.1, 0.15) is 5.82 Å². The number of carbonyl (C=O) groups is 1. The molecule has 0 saturated carbocycles. The average Bonchev–Trinajstić information content (AvgIpc) is 2.96. The third kappa shape index (κ3) is 4.07. The molecule has 29 heavy (non-hydrogen) atoms. The third-order valence-electron chi connectivity index (χ3n) is 5.05. The fraction of sp³-hybridized carbons (Fsp3) is 0.286. The highest BCUT2D eigenvalue weighted by atomic mass is 32.2. The van der Waals surface area contributed by atoms with Crippen LogP contribution >= 0.6 is 0 Å². The van der Waals surface area contributed by atoms with E-state index in [0.29, 0.717) is 11.3 Å². The first-order chi connectivity index (χ1) is 13.9. The van der Waals surface area contributed by atoms with E-state index in [4.69, 9.17) is 0 Å². The molecule has 0 unspecified atom stereocenters. The van der Waals surface area contributed by atoms with E-state index in [1.165, 1.54) is 37.6 Å². The molecule has 0 amide bonds. The van der Waals surface area contributed by atoms with Gasteiger partial charge in [-0.2, -0.15) is 0 Å². The summed E-state index contributed by atoms with van der Waals surface area (Å²) in [5.74, 6) is 1.63. The number of Topliss-reactive ketones (excluding diaryl/α,β-unsaturated/α-hetero) is 1. The van der Waals surface area contributed by atoms with E-state index in [9.17, 15) is 13.2 Å². The van der Waals surface area contributed by atoms with Crippen LogP contribution in [0.3, 0.4) is 0 Å². The Morgan fingerprint density at radius 1 is 1.03 bits per heavy atom. The van der Waals surface area contributed by atoms with Crippen LogP contribution in [0.25, 0.3) is 11.4 Å². The van der Waals surface area contributed by atoms with Crippen LogP contribution in [0.5, 0.6) is 0 Å². The van der Waals surface area contributed by atoms with Gasteiger partial charge < -0.3 is 4.57 Å². The van der Waals surface area contributed by atoms with Crippen molar-refractivity contribution >= 4 is 21.5 Å². The number of ketones is 1. The Morgan fingerprint density at radius 2 is 1.83 bits per heavy atom. The Bertz CT molecular complexity index is 1150. The predicted octanol–water partition coefficient (Wildman–Crippen LogP) is 3.67. The number of nitrogens with one attached hydrogen (secondary N) is 1. The molecule has 2 heterocycles. The van der Waals surface area contributed by atoms with Gasteiger partial charge in [-0.05, 0) is 44.0 Å². The highest BCUT2D eigenvalue weighted by Gasteiger charge is 2.18. The van der Waals surface area contributed by atoms with Crippen LogP contribution in [-0.2, 0) is 23.0 Å². The van der Waals surface area contributed by atoms with Gasteiger partial charge in [0.15, 0.2) is 11.6 Å². The fourth-order valence-corrected chi connectivity index (χ4v) is 4.55. The van der Waals surface area contributed by atoms with Crippen molar-refractivity contribution in [1.29, 1.82) is 0 Å². The fourth-order valence-electron chi connectivity index (χ4n) is 3.50. The van der Waals surface area contributed by atoms with Crippen LogP contribution in [0.4, 0.5) is 5.69 Å². The quantitative estimate of drug-likeness (QED) is 0.648. The Labute approximate surface area is 169 Å². The number of aryl methyl sites for hydroxylation is 1. The van der Waals surface area contributed by atoms with Crippen LogP contribution in [0.1, 0.15) is 42.4 Å². The van der Waals surface area contributed by atoms with Gasteiger partial charge in [-0.3, -0.25) is 9.52 Å². The maximum atomic E-state index is 12.7. The molecule has 150 valence electrons. The van der Waals surface area contributed by atoms with Crippen molar-refractivity contribution in [2.45, 2.75) is 44.0 Å². The van der Waals surface area contributed by atoms with Gasteiger partial charge in [0.2, 0.25) is 0 Å². The first kappa shape index (κ1) is 19.3. The number of nitrogens with zero attached hydrogens (tertiary/aromatic N) is 3. The minimum absolute atomic E-state index is 0.101. The summed E-state index contributed by atoms with van der Waals surface area (Å²) in [7, 11) is -3.77. The first-order valence-electron chi connectivity index (χ1n) is 9.60. The number of hydrogen-bond donors (Lipinski definition) is 1. The van der Waals surface area contributed by atoms with Crippen molar-refractivity contribution in [2.75, 3.05) is 4.72 Å². The molecule has 1 N–H and O–H groups in total. The molecule has 3 aromatic rings. The van der Waals surface area contributed by atoms with Gasteiger partial charge in [0.05, 0.1) is 4.90 Å². The topological polar surface area (TPSA) is 93.9 Å². The Hall–Kier alpha value is -3.00. The summed E-state index contributed by atoms with van der Waals surface area (Å²) in [4.78, 5) is 11.5. The van der Waals surface area contributed by atoms with Crippen LogP contribution in [0.2, 0.25) is 0 Å². The maximum Gasteiger partial charge on any atom is 0.261 e. The number of rotatable bonds is 5. The van der Waals surface area contributed by atoms with E-state index < -0.39 is 10.0 Å². The molecular weight excluding hydrogens is 388 g/mol. The third-order valence-corrected chi connectivity index (χ3v) is 6.45. The molecule has 0 bridgehead atoms. The van der Waals surface area contributed by atoms with Gasteiger partial charge in [-0.15, -0.1) is 10.2 Å². The van der Waals surface area contributed by atoms with Gasteiger partial charge in [0.25, 0.3) is 10.0 Å². The normalized spacial score (nSPS) is 14.1. The molecule has 0 aliphatic carbocycles. The number of carbonyl (C=O) groups excluding carboxylic acids is 1. The molecular formula is C21H22N4O3S. The van der Waals surface area contributed by atoms with Gasteiger partial charge >= 0.3 is 0 Å². The number of aromatic nitrogens is 3. The second kappa shape index (κ2) is 7.79. The SMILES string of the molecule is CC(=O)c1ccc(S(=O)(=O)Nc2cccc(-c3nnc4n3CCCCC4)c2)cc1. The zero-order valence-electron chi connectivity index (χ0n) is 16.1. The maximum absolute atomic E-state index is 12.7. The molecule has 1 aliphatic heterocycles. The van der Waals surface area contributed by atoms with Crippen LogP contribution in [-0.4, -0.2) is 29.0 Å². The Balaban J connectivity index is 1.61. The summed E-state index contributed by atoms with van der Waals surface area (Å²) in [5.41, 5.74) is 1.74. The lowest BCUT2D eigenvalue weighted by Gasteiger charge is -2.11. The van der Waals surface area contributed by atoms with Crippen LogP contribution < -0.4 is 4.72 Å². The summed E-state index contributed by atoms with van der Waals surface area (Å²) < 4.78 is 30.2. The van der Waals surface area contributed by atoms with Crippen molar-refractivity contribution in [3.63, 3.8) is 0 Å². The van der Waals surface area contributed by atoms with Crippen LogP contribution in [0, 0.1) is 0 Å². The van der Waals surface area contributed by atoms with Gasteiger partial charge in [0, 0.05) is 29.8 Å². The largest absolute Gasteiger partial charge is 0.311 e. The second-order valence-corrected chi connectivity index (χ2v) is 8.85. The molecule has 8 heteroatoms. The minimum Gasteiger partial charge on any atom is -0.311 e. The Morgan fingerprint density at radius 3 is 2.59 bits per heavy atom. The van der Waals surface area contributed by atoms with Crippen molar-refractivity contribution in [3.8, 4) is 11.4 Å². The van der Waals surface area contributed by atoms with Crippen molar-refractivity contribution in [2.24, 2.45) is 0 Å². The lowest BCUT2D eigenvalue weighted by atomic mass is 10.2. The second-order valence-electron chi connectivity index (χ2n) is 7.17. The number of sulfonamides is 1. The molecule has 0 spiro atoms. The average molecular weight is 410 g/mol. The van der Waals surface area contributed by atoms with E-state index >= 15 is 0 Å². The van der Waals surface area contributed by atoms with Crippen LogP contribution in [0.15, 0.2) is 53.4 Å². The minimum atomic E-state index is -3.77. The molecule has 0 fully saturated rings. The molecule has 0 saturated heterocycles. The summed E-state index contributed by atoms with van der Waals surface area (Å²) >= 11 is 0. The van der Waals surface area contributed by atoms with Crippen molar-refractivity contribution in [1.82, 2.24) is 14.8 Å². The van der Waals surface area contributed by atoms with Gasteiger partial charge in [-0.1, -0.05) is 30.7 Å². The van der Waals surface area contributed by atoms with Gasteiger partial charge in [-0.25, -0.2) is 8.42 Å². The Kier molecular flexibility index (Phi) is 5.19. The summed E-state index contributed by atoms with van der Waals surface area (Å²) in [6.07, 6.45) is 4.28. The lowest BCUT2D eigenvalue weighted by Crippen LogP contribution is -2.13. The molecule has 1 aliphatic rings. The standard InChI is InChI=1S/C21H22N4O3S/c1-15(26)16-9-11-19(12-10-16)29(27,28)24-18-7-5-6-17(14-18)21-23-22-20-8-3-2-4-13-25(20)21/h5-7,9-12,14,24H,2-4,8,13H2,1H3. The van der Waals surface area contributed by atoms with E-state index in [1.807, 2.05) is 6.07 Å². The monoisotopic (exact) mass is 410 g/mol.